The van der Waals surface area contributed by atoms with E-state index < -0.39 is 6.09 Å². The fourth-order valence-electron chi connectivity index (χ4n) is 4.03. The van der Waals surface area contributed by atoms with Crippen molar-refractivity contribution in [3.05, 3.63) is 34.9 Å². The van der Waals surface area contributed by atoms with Crippen molar-refractivity contribution in [1.82, 2.24) is 9.80 Å². The summed E-state index contributed by atoms with van der Waals surface area (Å²) in [6, 6.07) is 8.37. The van der Waals surface area contributed by atoms with Gasteiger partial charge in [-0.2, -0.15) is 0 Å². The lowest BCUT2D eigenvalue weighted by Crippen LogP contribution is -2.62. The number of ether oxygens (including phenoxy) is 2. The third-order valence-corrected chi connectivity index (χ3v) is 5.67. The zero-order valence-corrected chi connectivity index (χ0v) is 16.1. The Labute approximate surface area is 159 Å². The minimum atomic E-state index is -0.876. The standard InChI is InChI=1S/C19H27ClN2O4/c1-13-10-22(17-7-8-21(19(23)24)11-18(17)25-2)16(12-26-13)9-14-3-5-15(20)6-4-14/h3-6,13,16-18H,7-12H2,1-2H3,(H,23,24)/t13-,16-,17?,18?/m0/s1. The van der Waals surface area contributed by atoms with Crippen LogP contribution in [0.25, 0.3) is 0 Å². The van der Waals surface area contributed by atoms with Gasteiger partial charge in [-0.05, 0) is 37.5 Å². The number of hydrogen-bond donors (Lipinski definition) is 1. The minimum absolute atomic E-state index is 0.127. The second-order valence-corrected chi connectivity index (χ2v) is 7.62. The first-order valence-corrected chi connectivity index (χ1v) is 9.48. The summed E-state index contributed by atoms with van der Waals surface area (Å²) in [6.45, 7) is 4.53. The Morgan fingerprint density at radius 1 is 1.35 bits per heavy atom. The van der Waals surface area contributed by atoms with Crippen LogP contribution in [0, 0.1) is 0 Å². The smallest absolute Gasteiger partial charge is 0.407 e. The number of rotatable bonds is 4. The lowest BCUT2D eigenvalue weighted by molar-refractivity contribution is -0.112. The maximum Gasteiger partial charge on any atom is 0.407 e. The summed E-state index contributed by atoms with van der Waals surface area (Å²) >= 11 is 6.00. The van der Waals surface area contributed by atoms with E-state index in [0.717, 1.165) is 24.4 Å². The van der Waals surface area contributed by atoms with Crippen molar-refractivity contribution in [3.63, 3.8) is 0 Å². The van der Waals surface area contributed by atoms with Crippen LogP contribution in [0.2, 0.25) is 5.02 Å². The summed E-state index contributed by atoms with van der Waals surface area (Å²) < 4.78 is 11.6. The molecular formula is C19H27ClN2O4. The number of benzene rings is 1. The van der Waals surface area contributed by atoms with Crippen molar-refractivity contribution in [1.29, 1.82) is 0 Å². The quantitative estimate of drug-likeness (QED) is 0.867. The zero-order chi connectivity index (χ0) is 18.7. The molecule has 4 atom stereocenters. The van der Waals surface area contributed by atoms with E-state index in [-0.39, 0.29) is 24.3 Å². The molecule has 0 bridgehead atoms. The molecule has 2 unspecified atom stereocenters. The van der Waals surface area contributed by atoms with Crippen LogP contribution in [-0.2, 0) is 15.9 Å². The highest BCUT2D eigenvalue weighted by Gasteiger charge is 2.40. The Morgan fingerprint density at radius 2 is 2.08 bits per heavy atom. The predicted molar refractivity (Wildman–Crippen MR) is 99.9 cm³/mol. The van der Waals surface area contributed by atoms with Crippen LogP contribution in [0.15, 0.2) is 24.3 Å². The molecule has 0 spiro atoms. The number of nitrogens with zero attached hydrogens (tertiary/aromatic N) is 2. The molecule has 1 aromatic rings. The number of halogens is 1. The van der Waals surface area contributed by atoms with Gasteiger partial charge in [-0.15, -0.1) is 0 Å². The summed E-state index contributed by atoms with van der Waals surface area (Å²) in [4.78, 5) is 15.2. The van der Waals surface area contributed by atoms with Crippen LogP contribution >= 0.6 is 11.6 Å². The third-order valence-electron chi connectivity index (χ3n) is 5.42. The topological polar surface area (TPSA) is 62.2 Å². The number of carbonyl (C=O) groups is 1. The van der Waals surface area contributed by atoms with Crippen molar-refractivity contribution in [2.45, 2.75) is 44.1 Å². The van der Waals surface area contributed by atoms with Crippen molar-refractivity contribution in [2.75, 3.05) is 33.4 Å². The molecule has 1 N–H and O–H groups in total. The summed E-state index contributed by atoms with van der Waals surface area (Å²) in [5.41, 5.74) is 1.22. The largest absolute Gasteiger partial charge is 0.465 e. The third kappa shape index (κ3) is 4.49. The Morgan fingerprint density at radius 3 is 2.73 bits per heavy atom. The molecule has 26 heavy (non-hydrogen) atoms. The predicted octanol–water partition coefficient (Wildman–Crippen LogP) is 2.74. The van der Waals surface area contributed by atoms with E-state index in [9.17, 15) is 9.90 Å². The van der Waals surface area contributed by atoms with Crippen LogP contribution in [0.4, 0.5) is 4.79 Å². The number of piperidine rings is 1. The van der Waals surface area contributed by atoms with E-state index in [2.05, 4.69) is 24.0 Å². The molecular weight excluding hydrogens is 356 g/mol. The summed E-state index contributed by atoms with van der Waals surface area (Å²) in [5, 5.41) is 10.0. The van der Waals surface area contributed by atoms with Crippen LogP contribution in [0.3, 0.4) is 0 Å². The number of hydrogen-bond acceptors (Lipinski definition) is 4. The van der Waals surface area contributed by atoms with Gasteiger partial charge < -0.3 is 19.5 Å². The van der Waals surface area contributed by atoms with E-state index >= 15 is 0 Å². The van der Waals surface area contributed by atoms with Gasteiger partial charge in [-0.3, -0.25) is 4.90 Å². The van der Waals surface area contributed by atoms with Crippen molar-refractivity contribution in [3.8, 4) is 0 Å². The molecule has 1 aromatic carbocycles. The lowest BCUT2D eigenvalue weighted by atomic mass is 9.94. The first-order chi connectivity index (χ1) is 12.5. The van der Waals surface area contributed by atoms with Gasteiger partial charge in [-0.25, -0.2) is 4.79 Å². The van der Waals surface area contributed by atoms with Crippen LogP contribution in [0.5, 0.6) is 0 Å². The molecule has 1 amide bonds. The van der Waals surface area contributed by atoms with E-state index in [1.54, 1.807) is 7.11 Å². The van der Waals surface area contributed by atoms with Crippen molar-refractivity contribution < 1.29 is 19.4 Å². The molecule has 2 fully saturated rings. The first kappa shape index (κ1) is 19.4. The number of likely N-dealkylation sites (tertiary alicyclic amines) is 1. The monoisotopic (exact) mass is 382 g/mol. The molecule has 6 nitrogen and oxygen atoms in total. The second-order valence-electron chi connectivity index (χ2n) is 7.18. The normalized spacial score (nSPS) is 30.3. The fraction of sp³-hybridized carbons (Fsp3) is 0.632. The second kappa shape index (κ2) is 8.57. The van der Waals surface area contributed by atoms with Crippen LogP contribution in [-0.4, -0.2) is 78.6 Å². The van der Waals surface area contributed by atoms with Gasteiger partial charge in [-0.1, -0.05) is 23.7 Å². The molecule has 3 rings (SSSR count). The molecule has 2 saturated heterocycles. The van der Waals surface area contributed by atoms with E-state index in [1.165, 1.54) is 10.5 Å². The zero-order valence-electron chi connectivity index (χ0n) is 15.3. The van der Waals surface area contributed by atoms with Gasteiger partial charge in [0.05, 0.1) is 25.4 Å². The molecule has 0 radical (unpaired) electrons. The molecule has 7 heteroatoms. The maximum atomic E-state index is 11.3. The summed E-state index contributed by atoms with van der Waals surface area (Å²) in [7, 11) is 1.67. The summed E-state index contributed by atoms with van der Waals surface area (Å²) in [6.07, 6.45) is 0.802. The molecule has 0 aliphatic carbocycles. The molecule has 144 valence electrons. The SMILES string of the molecule is COC1CN(C(=O)O)CCC1N1C[C@H](C)OC[C@@H]1Cc1ccc(Cl)cc1. The average molecular weight is 383 g/mol. The minimum Gasteiger partial charge on any atom is -0.465 e. The highest BCUT2D eigenvalue weighted by molar-refractivity contribution is 6.30. The van der Waals surface area contributed by atoms with Gasteiger partial charge >= 0.3 is 6.09 Å². The Kier molecular flexibility index (Phi) is 6.40. The number of methoxy groups -OCH3 is 1. The first-order valence-electron chi connectivity index (χ1n) is 9.10. The van der Waals surface area contributed by atoms with Crippen LogP contribution in [0.1, 0.15) is 18.9 Å². The molecule has 0 saturated carbocycles. The van der Waals surface area contributed by atoms with Gasteiger partial charge in [0.1, 0.15) is 0 Å². The highest BCUT2D eigenvalue weighted by Crippen LogP contribution is 2.26. The number of morpholine rings is 1. The molecule has 2 heterocycles. The van der Waals surface area contributed by atoms with E-state index in [1.807, 2.05) is 12.1 Å². The fourth-order valence-corrected chi connectivity index (χ4v) is 4.16. The van der Waals surface area contributed by atoms with Gasteiger partial charge in [0.2, 0.25) is 0 Å². The lowest BCUT2D eigenvalue weighted by Gasteiger charge is -2.48. The highest BCUT2D eigenvalue weighted by atomic mass is 35.5. The van der Waals surface area contributed by atoms with Gasteiger partial charge in [0, 0.05) is 37.3 Å². The van der Waals surface area contributed by atoms with Crippen LogP contribution < -0.4 is 0 Å². The molecule has 0 aromatic heterocycles. The van der Waals surface area contributed by atoms with E-state index in [4.69, 9.17) is 21.1 Å². The summed E-state index contributed by atoms with van der Waals surface area (Å²) in [5.74, 6) is 0. The van der Waals surface area contributed by atoms with Gasteiger partial charge in [0.25, 0.3) is 0 Å². The van der Waals surface area contributed by atoms with Crippen molar-refractivity contribution >= 4 is 17.7 Å². The average Bonchev–Trinajstić information content (AvgIpc) is 2.64. The van der Waals surface area contributed by atoms with Crippen molar-refractivity contribution in [2.24, 2.45) is 0 Å². The van der Waals surface area contributed by atoms with E-state index in [0.29, 0.717) is 19.7 Å². The molecule has 2 aliphatic rings. The Bertz CT molecular complexity index is 612. The number of carboxylic acid groups (broad SMARTS) is 1. The Balaban J connectivity index is 1.74. The number of amides is 1. The maximum absolute atomic E-state index is 11.3. The van der Waals surface area contributed by atoms with Gasteiger partial charge in [0.15, 0.2) is 0 Å². The Hall–Kier alpha value is -1.34. The molecule has 2 aliphatic heterocycles.